The molecule has 140 valence electrons. The molecule has 0 bridgehead atoms. The fourth-order valence-electron chi connectivity index (χ4n) is 2.41. The molecule has 2 aromatic carbocycles. The van der Waals surface area contributed by atoms with Crippen LogP contribution in [-0.4, -0.2) is 28.2 Å². The number of hydrogen-bond donors (Lipinski definition) is 2. The van der Waals surface area contributed by atoms with Gasteiger partial charge in [-0.3, -0.25) is 9.59 Å². The Bertz CT molecular complexity index is 1030. The standard InChI is InChI=1S/C17H11ClF3N3O3/c18-12-4-2-1-3-11(12)15(25)24(22)16(26)14-8-9-7-10(27-17(19,20)21)5-6-13(9)23-14/h1-8,23H,22H2. The number of H-pyrrole nitrogens is 1. The van der Waals surface area contributed by atoms with Crippen LogP contribution in [0, 0.1) is 0 Å². The predicted octanol–water partition coefficient (Wildman–Crippen LogP) is 3.88. The van der Waals surface area contributed by atoms with Crippen molar-refractivity contribution >= 4 is 34.3 Å². The fraction of sp³-hybridized carbons (Fsp3) is 0.0588. The van der Waals surface area contributed by atoms with Gasteiger partial charge in [-0.05, 0) is 36.4 Å². The molecule has 0 aliphatic carbocycles. The molecule has 0 saturated heterocycles. The number of carbonyl (C=O) groups excluding carboxylic acids is 2. The van der Waals surface area contributed by atoms with Crippen LogP contribution < -0.4 is 10.6 Å². The van der Waals surface area contributed by atoms with E-state index in [9.17, 15) is 22.8 Å². The van der Waals surface area contributed by atoms with Gasteiger partial charge in [0.2, 0.25) is 0 Å². The number of rotatable bonds is 3. The minimum atomic E-state index is -4.84. The Kier molecular flexibility index (Phi) is 4.81. The van der Waals surface area contributed by atoms with Crippen LogP contribution in [0.2, 0.25) is 5.02 Å². The van der Waals surface area contributed by atoms with E-state index in [1.807, 2.05) is 0 Å². The molecule has 0 aliphatic heterocycles. The molecule has 0 radical (unpaired) electrons. The normalized spacial score (nSPS) is 11.4. The molecular weight excluding hydrogens is 387 g/mol. The molecule has 3 rings (SSSR count). The summed E-state index contributed by atoms with van der Waals surface area (Å²) in [5.41, 5.74) is 0.315. The van der Waals surface area contributed by atoms with Gasteiger partial charge in [-0.25, -0.2) is 10.9 Å². The highest BCUT2D eigenvalue weighted by molar-refractivity contribution is 6.34. The Labute approximate surface area is 155 Å². The van der Waals surface area contributed by atoms with Crippen LogP contribution in [0.15, 0.2) is 48.5 Å². The number of nitrogens with two attached hydrogens (primary N) is 1. The van der Waals surface area contributed by atoms with E-state index >= 15 is 0 Å². The van der Waals surface area contributed by atoms with Gasteiger partial charge in [0.15, 0.2) is 0 Å². The van der Waals surface area contributed by atoms with Crippen molar-refractivity contribution in [3.05, 3.63) is 64.8 Å². The van der Waals surface area contributed by atoms with Gasteiger partial charge in [0.05, 0.1) is 10.6 Å². The molecule has 0 aliphatic rings. The van der Waals surface area contributed by atoms with Gasteiger partial charge in [-0.2, -0.15) is 0 Å². The SMILES string of the molecule is NN(C(=O)c1cc2cc(OC(F)(F)F)ccc2[nH]1)C(=O)c1ccccc1Cl. The Morgan fingerprint density at radius 3 is 2.44 bits per heavy atom. The number of nitrogens with one attached hydrogen (secondary N) is 1. The quantitative estimate of drug-likeness (QED) is 0.304. The number of alkyl halides is 3. The number of ether oxygens (including phenoxy) is 1. The number of hydrazine groups is 1. The molecule has 0 atom stereocenters. The number of aromatic amines is 1. The van der Waals surface area contributed by atoms with Gasteiger partial charge in [-0.15, -0.1) is 13.2 Å². The van der Waals surface area contributed by atoms with Gasteiger partial charge in [0.25, 0.3) is 11.8 Å². The first-order chi connectivity index (χ1) is 12.7. The summed E-state index contributed by atoms with van der Waals surface area (Å²) in [6.45, 7) is 0. The van der Waals surface area contributed by atoms with E-state index < -0.39 is 23.9 Å². The van der Waals surface area contributed by atoms with Gasteiger partial charge >= 0.3 is 6.36 Å². The van der Waals surface area contributed by atoms with Crippen molar-refractivity contribution in [2.45, 2.75) is 6.36 Å². The molecule has 0 fully saturated rings. The Balaban J connectivity index is 1.87. The summed E-state index contributed by atoms with van der Waals surface area (Å²) in [6.07, 6.45) is -4.84. The number of amides is 2. The van der Waals surface area contributed by atoms with E-state index in [1.54, 1.807) is 12.1 Å². The van der Waals surface area contributed by atoms with Crippen LogP contribution in [0.4, 0.5) is 13.2 Å². The summed E-state index contributed by atoms with van der Waals surface area (Å²) in [4.78, 5) is 27.5. The van der Waals surface area contributed by atoms with Crippen molar-refractivity contribution in [2.24, 2.45) is 5.84 Å². The van der Waals surface area contributed by atoms with E-state index in [0.29, 0.717) is 10.5 Å². The topological polar surface area (TPSA) is 88.4 Å². The number of fused-ring (bicyclic) bond motifs is 1. The highest BCUT2D eigenvalue weighted by Gasteiger charge is 2.31. The van der Waals surface area contributed by atoms with E-state index in [1.165, 1.54) is 24.3 Å². The number of aromatic nitrogens is 1. The van der Waals surface area contributed by atoms with Crippen molar-refractivity contribution in [3.63, 3.8) is 0 Å². The molecule has 10 heteroatoms. The monoisotopic (exact) mass is 397 g/mol. The number of benzene rings is 2. The third kappa shape index (κ3) is 4.04. The van der Waals surface area contributed by atoms with Crippen molar-refractivity contribution in [1.82, 2.24) is 9.99 Å². The Hall–Kier alpha value is -3.04. The molecule has 1 heterocycles. The minimum Gasteiger partial charge on any atom is -0.406 e. The lowest BCUT2D eigenvalue weighted by Gasteiger charge is -2.14. The highest BCUT2D eigenvalue weighted by atomic mass is 35.5. The maximum atomic E-state index is 12.4. The molecule has 6 nitrogen and oxygen atoms in total. The summed E-state index contributed by atoms with van der Waals surface area (Å²) in [6, 6.07) is 10.8. The van der Waals surface area contributed by atoms with Crippen LogP contribution >= 0.6 is 11.6 Å². The molecule has 0 spiro atoms. The molecule has 27 heavy (non-hydrogen) atoms. The highest BCUT2D eigenvalue weighted by Crippen LogP contribution is 2.27. The second-order valence-corrected chi connectivity index (χ2v) is 5.85. The lowest BCUT2D eigenvalue weighted by atomic mass is 10.2. The Morgan fingerprint density at radius 1 is 1.07 bits per heavy atom. The van der Waals surface area contributed by atoms with Gasteiger partial charge in [-0.1, -0.05) is 23.7 Å². The van der Waals surface area contributed by atoms with Crippen LogP contribution in [0.3, 0.4) is 0 Å². The number of hydrogen-bond acceptors (Lipinski definition) is 4. The number of halogens is 4. The van der Waals surface area contributed by atoms with E-state index in [-0.39, 0.29) is 21.7 Å². The third-order valence-electron chi connectivity index (χ3n) is 3.60. The first kappa shape index (κ1) is 18.7. The van der Waals surface area contributed by atoms with E-state index in [0.717, 1.165) is 12.1 Å². The smallest absolute Gasteiger partial charge is 0.406 e. The molecular formula is C17H11ClF3N3O3. The molecule has 0 unspecified atom stereocenters. The van der Waals surface area contributed by atoms with Crippen molar-refractivity contribution in [1.29, 1.82) is 0 Å². The summed E-state index contributed by atoms with van der Waals surface area (Å²) >= 11 is 5.92. The van der Waals surface area contributed by atoms with Crippen molar-refractivity contribution in [2.75, 3.05) is 0 Å². The van der Waals surface area contributed by atoms with E-state index in [4.69, 9.17) is 17.4 Å². The Morgan fingerprint density at radius 2 is 1.78 bits per heavy atom. The van der Waals surface area contributed by atoms with Crippen LogP contribution in [0.1, 0.15) is 20.8 Å². The lowest BCUT2D eigenvalue weighted by molar-refractivity contribution is -0.274. The van der Waals surface area contributed by atoms with Crippen LogP contribution in [0.25, 0.3) is 10.9 Å². The van der Waals surface area contributed by atoms with Gasteiger partial charge in [0.1, 0.15) is 11.4 Å². The zero-order chi connectivity index (χ0) is 19.8. The molecule has 1 aromatic heterocycles. The first-order valence-electron chi connectivity index (χ1n) is 7.42. The summed E-state index contributed by atoms with van der Waals surface area (Å²) < 4.78 is 40.8. The van der Waals surface area contributed by atoms with Crippen molar-refractivity contribution < 1.29 is 27.5 Å². The van der Waals surface area contributed by atoms with Gasteiger partial charge < -0.3 is 9.72 Å². The second-order valence-electron chi connectivity index (χ2n) is 5.44. The van der Waals surface area contributed by atoms with Crippen LogP contribution in [0.5, 0.6) is 5.75 Å². The number of imide groups is 1. The molecule has 3 aromatic rings. The largest absolute Gasteiger partial charge is 0.573 e. The maximum absolute atomic E-state index is 12.4. The summed E-state index contributed by atoms with van der Waals surface area (Å²) in [5, 5.41) is 0.772. The lowest BCUT2D eigenvalue weighted by Crippen LogP contribution is -2.42. The summed E-state index contributed by atoms with van der Waals surface area (Å²) in [7, 11) is 0. The third-order valence-corrected chi connectivity index (χ3v) is 3.93. The summed E-state index contributed by atoms with van der Waals surface area (Å²) in [5.74, 6) is 3.46. The first-order valence-corrected chi connectivity index (χ1v) is 7.80. The second kappa shape index (κ2) is 6.93. The zero-order valence-corrected chi connectivity index (χ0v) is 14.1. The molecule has 0 saturated carbocycles. The number of nitrogens with zero attached hydrogens (tertiary/aromatic N) is 1. The fourth-order valence-corrected chi connectivity index (χ4v) is 2.63. The van der Waals surface area contributed by atoms with E-state index in [2.05, 4.69) is 9.72 Å². The zero-order valence-electron chi connectivity index (χ0n) is 13.4. The van der Waals surface area contributed by atoms with Crippen LogP contribution in [-0.2, 0) is 0 Å². The minimum absolute atomic E-state index is 0.0343. The average Bonchev–Trinajstić information content (AvgIpc) is 3.02. The molecule has 3 N–H and O–H groups in total. The average molecular weight is 398 g/mol. The van der Waals surface area contributed by atoms with Gasteiger partial charge in [0, 0.05) is 10.9 Å². The predicted molar refractivity (Wildman–Crippen MR) is 91.1 cm³/mol. The molecule has 2 amide bonds. The maximum Gasteiger partial charge on any atom is 0.573 e. The van der Waals surface area contributed by atoms with Crippen molar-refractivity contribution in [3.8, 4) is 5.75 Å². The number of carbonyl (C=O) groups is 2.